The predicted molar refractivity (Wildman–Crippen MR) is 85.7 cm³/mol. The maximum absolute atomic E-state index is 13.1. The first kappa shape index (κ1) is 15.5. The summed E-state index contributed by atoms with van der Waals surface area (Å²) in [5.41, 5.74) is 1.02. The Morgan fingerprint density at radius 3 is 2.70 bits per heavy atom. The summed E-state index contributed by atoms with van der Waals surface area (Å²) in [7, 11) is 0. The van der Waals surface area contributed by atoms with Gasteiger partial charge in [0.05, 0.1) is 4.92 Å². The Balaban J connectivity index is 1.87. The predicted octanol–water partition coefficient (Wildman–Crippen LogP) is 3.62. The quantitative estimate of drug-likeness (QED) is 0.636. The van der Waals surface area contributed by atoms with Crippen LogP contribution >= 0.6 is 11.8 Å². The molecule has 1 saturated heterocycles. The number of carbonyl (C=O) groups excluding carboxylic acids is 1. The van der Waals surface area contributed by atoms with Crippen molar-refractivity contribution in [1.82, 2.24) is 4.90 Å². The highest BCUT2D eigenvalue weighted by atomic mass is 32.2. The molecule has 1 heterocycles. The second-order valence-corrected chi connectivity index (χ2v) is 6.27. The Labute approximate surface area is 136 Å². The van der Waals surface area contributed by atoms with Crippen molar-refractivity contribution in [2.24, 2.45) is 0 Å². The van der Waals surface area contributed by atoms with Crippen LogP contribution in [-0.2, 0) is 0 Å². The van der Waals surface area contributed by atoms with E-state index in [2.05, 4.69) is 0 Å². The molecule has 1 aliphatic rings. The van der Waals surface area contributed by atoms with Crippen molar-refractivity contribution >= 4 is 23.4 Å². The summed E-state index contributed by atoms with van der Waals surface area (Å²) in [5.74, 6) is 0.184. The molecule has 2 aromatic carbocycles. The minimum absolute atomic E-state index is 0.110. The molecule has 5 nitrogen and oxygen atoms in total. The van der Waals surface area contributed by atoms with Crippen LogP contribution in [0.4, 0.5) is 10.1 Å². The van der Waals surface area contributed by atoms with Crippen LogP contribution in [0.15, 0.2) is 48.5 Å². The van der Waals surface area contributed by atoms with Gasteiger partial charge in [-0.2, -0.15) is 0 Å². The van der Waals surface area contributed by atoms with Gasteiger partial charge in [0.1, 0.15) is 11.2 Å². The molecule has 0 bridgehead atoms. The lowest BCUT2D eigenvalue weighted by Crippen LogP contribution is -2.30. The molecular weight excluding hydrogens is 319 g/mol. The summed E-state index contributed by atoms with van der Waals surface area (Å²) < 4.78 is 13.1. The largest absolute Gasteiger partial charge is 0.322 e. The van der Waals surface area contributed by atoms with E-state index in [0.29, 0.717) is 6.54 Å². The van der Waals surface area contributed by atoms with Gasteiger partial charge in [0, 0.05) is 30.0 Å². The molecule has 2 aromatic rings. The van der Waals surface area contributed by atoms with Crippen LogP contribution in [0.3, 0.4) is 0 Å². The number of carbonyl (C=O) groups is 1. The number of nitro groups is 1. The minimum Gasteiger partial charge on any atom is -0.322 e. The number of non-ortho nitro benzene ring substituents is 1. The smallest absolute Gasteiger partial charge is 0.270 e. The lowest BCUT2D eigenvalue weighted by molar-refractivity contribution is -0.384. The summed E-state index contributed by atoms with van der Waals surface area (Å²) in [5, 5.41) is 10.6. The number of thioether (sulfide) groups is 1. The van der Waals surface area contributed by atoms with Crippen molar-refractivity contribution in [3.8, 4) is 0 Å². The van der Waals surface area contributed by atoms with Gasteiger partial charge in [0.2, 0.25) is 0 Å². The number of amides is 1. The number of nitro benzene ring substituents is 1. The van der Waals surface area contributed by atoms with Gasteiger partial charge in [-0.3, -0.25) is 14.9 Å². The molecule has 7 heteroatoms. The SMILES string of the molecule is O=C(c1cccc([N+](=O)[O-])c1)N1CCS[C@H]1c1ccc(F)cc1. The number of nitrogens with zero attached hydrogens (tertiary/aromatic N) is 2. The molecule has 1 aliphatic heterocycles. The summed E-state index contributed by atoms with van der Waals surface area (Å²) in [6, 6.07) is 11.8. The van der Waals surface area contributed by atoms with Crippen LogP contribution in [-0.4, -0.2) is 28.0 Å². The number of hydrogen-bond donors (Lipinski definition) is 0. The molecule has 0 spiro atoms. The van der Waals surface area contributed by atoms with Crippen molar-refractivity contribution in [3.05, 3.63) is 75.6 Å². The van der Waals surface area contributed by atoms with Gasteiger partial charge in [-0.05, 0) is 23.8 Å². The van der Waals surface area contributed by atoms with E-state index < -0.39 is 4.92 Å². The summed E-state index contributed by atoms with van der Waals surface area (Å²) in [4.78, 5) is 24.7. The Bertz CT molecular complexity index is 751. The first-order valence-corrected chi connectivity index (χ1v) is 8.03. The van der Waals surface area contributed by atoms with Gasteiger partial charge < -0.3 is 4.90 Å². The third kappa shape index (κ3) is 3.19. The van der Waals surface area contributed by atoms with E-state index in [4.69, 9.17) is 0 Å². The summed E-state index contributed by atoms with van der Waals surface area (Å²) >= 11 is 1.59. The van der Waals surface area contributed by atoms with Crippen molar-refractivity contribution < 1.29 is 14.1 Å². The van der Waals surface area contributed by atoms with Gasteiger partial charge in [0.15, 0.2) is 0 Å². The van der Waals surface area contributed by atoms with Crippen molar-refractivity contribution in [1.29, 1.82) is 0 Å². The van der Waals surface area contributed by atoms with Gasteiger partial charge in [-0.25, -0.2) is 4.39 Å². The molecule has 1 fully saturated rings. The zero-order valence-electron chi connectivity index (χ0n) is 12.0. The van der Waals surface area contributed by atoms with Gasteiger partial charge in [-0.1, -0.05) is 18.2 Å². The molecule has 0 saturated carbocycles. The highest BCUT2D eigenvalue weighted by Gasteiger charge is 2.31. The highest BCUT2D eigenvalue weighted by Crippen LogP contribution is 2.38. The normalized spacial score (nSPS) is 17.3. The number of halogens is 1. The molecule has 1 amide bonds. The molecule has 23 heavy (non-hydrogen) atoms. The van der Waals surface area contributed by atoms with E-state index in [0.717, 1.165) is 11.3 Å². The van der Waals surface area contributed by atoms with Crippen LogP contribution in [0.25, 0.3) is 0 Å². The monoisotopic (exact) mass is 332 g/mol. The molecule has 1 atom stereocenters. The van der Waals surface area contributed by atoms with E-state index in [1.165, 1.54) is 30.3 Å². The topological polar surface area (TPSA) is 63.4 Å². The average molecular weight is 332 g/mol. The molecule has 0 N–H and O–H groups in total. The number of rotatable bonds is 3. The second kappa shape index (κ2) is 6.37. The summed E-state index contributed by atoms with van der Waals surface area (Å²) in [6.45, 7) is 0.550. The van der Waals surface area contributed by atoms with Crippen LogP contribution in [0, 0.1) is 15.9 Å². The lowest BCUT2D eigenvalue weighted by atomic mass is 10.1. The molecule has 0 unspecified atom stereocenters. The Morgan fingerprint density at radius 1 is 1.26 bits per heavy atom. The zero-order chi connectivity index (χ0) is 16.4. The Morgan fingerprint density at radius 2 is 2.00 bits per heavy atom. The number of hydrogen-bond acceptors (Lipinski definition) is 4. The standard InChI is InChI=1S/C16H13FN2O3S/c17-13-6-4-11(5-7-13)16-18(8-9-23-16)15(20)12-2-1-3-14(10-12)19(21)22/h1-7,10,16H,8-9H2/t16-/m0/s1. The van der Waals surface area contributed by atoms with E-state index in [1.807, 2.05) is 0 Å². The fourth-order valence-corrected chi connectivity index (χ4v) is 3.76. The minimum atomic E-state index is -0.521. The molecule has 0 aromatic heterocycles. The first-order valence-electron chi connectivity index (χ1n) is 6.99. The third-order valence-corrected chi connectivity index (χ3v) is 4.87. The maximum atomic E-state index is 13.1. The second-order valence-electron chi connectivity index (χ2n) is 5.08. The summed E-state index contributed by atoms with van der Waals surface area (Å²) in [6.07, 6.45) is 0. The van der Waals surface area contributed by atoms with Gasteiger partial charge in [-0.15, -0.1) is 11.8 Å². The van der Waals surface area contributed by atoms with Crippen LogP contribution in [0.1, 0.15) is 21.3 Å². The fraction of sp³-hybridized carbons (Fsp3) is 0.188. The van der Waals surface area contributed by atoms with Crippen molar-refractivity contribution in [2.45, 2.75) is 5.37 Å². The first-order chi connectivity index (χ1) is 11.1. The van der Waals surface area contributed by atoms with Crippen molar-refractivity contribution in [3.63, 3.8) is 0 Å². The highest BCUT2D eigenvalue weighted by molar-refractivity contribution is 7.99. The maximum Gasteiger partial charge on any atom is 0.270 e. The van der Waals surface area contributed by atoms with Crippen molar-refractivity contribution in [2.75, 3.05) is 12.3 Å². The van der Waals surface area contributed by atoms with E-state index in [9.17, 15) is 19.3 Å². The Hall–Kier alpha value is -2.41. The van der Waals surface area contributed by atoms with E-state index in [1.54, 1.807) is 34.9 Å². The zero-order valence-corrected chi connectivity index (χ0v) is 12.8. The van der Waals surface area contributed by atoms with E-state index >= 15 is 0 Å². The van der Waals surface area contributed by atoms with Gasteiger partial charge >= 0.3 is 0 Å². The number of benzene rings is 2. The fourth-order valence-electron chi connectivity index (χ4n) is 2.50. The molecule has 0 radical (unpaired) electrons. The third-order valence-electron chi connectivity index (χ3n) is 3.61. The molecule has 118 valence electrons. The molecule has 3 rings (SSSR count). The lowest BCUT2D eigenvalue weighted by Gasteiger charge is -2.24. The molecule has 0 aliphatic carbocycles. The van der Waals surface area contributed by atoms with Crippen LogP contribution in [0.2, 0.25) is 0 Å². The van der Waals surface area contributed by atoms with Crippen LogP contribution in [0.5, 0.6) is 0 Å². The van der Waals surface area contributed by atoms with Crippen LogP contribution < -0.4 is 0 Å². The van der Waals surface area contributed by atoms with Gasteiger partial charge in [0.25, 0.3) is 11.6 Å². The Kier molecular flexibility index (Phi) is 4.29. The van der Waals surface area contributed by atoms with E-state index in [-0.39, 0.29) is 28.3 Å². The molecular formula is C16H13FN2O3S. The average Bonchev–Trinajstić information content (AvgIpc) is 3.04.